The van der Waals surface area contributed by atoms with E-state index in [1.165, 1.54) is 24.8 Å². The number of hydrogen-bond acceptors (Lipinski definition) is 6. The average Bonchev–Trinajstić information content (AvgIpc) is 2.58. The van der Waals surface area contributed by atoms with E-state index in [0.717, 1.165) is 0 Å². The van der Waals surface area contributed by atoms with Gasteiger partial charge in [0.1, 0.15) is 10.8 Å². The van der Waals surface area contributed by atoms with Gasteiger partial charge in [-0.3, -0.25) is 14.9 Å². The van der Waals surface area contributed by atoms with Gasteiger partial charge >= 0.3 is 0 Å². The van der Waals surface area contributed by atoms with E-state index < -0.39 is 16.8 Å². The van der Waals surface area contributed by atoms with E-state index in [-0.39, 0.29) is 17.0 Å². The van der Waals surface area contributed by atoms with E-state index in [1.54, 1.807) is 25.1 Å². The van der Waals surface area contributed by atoms with Gasteiger partial charge in [0, 0.05) is 23.3 Å². The fourth-order valence-corrected chi connectivity index (χ4v) is 3.71. The van der Waals surface area contributed by atoms with Crippen LogP contribution in [0.1, 0.15) is 25.3 Å². The molecule has 0 radical (unpaired) electrons. The lowest BCUT2D eigenvalue weighted by Gasteiger charge is -2.29. The number of para-hydroxylation sites is 1. The molecule has 2 atom stereocenters. The topological polar surface area (TPSA) is 96.4 Å². The number of ketones is 1. The average molecular weight is 353 g/mol. The smallest absolute Gasteiger partial charge is 0.273 e. The van der Waals surface area contributed by atoms with Gasteiger partial charge in [-0.2, -0.15) is 5.26 Å². The summed E-state index contributed by atoms with van der Waals surface area (Å²) in [5.41, 5.74) is 0.967. The van der Waals surface area contributed by atoms with Crippen molar-refractivity contribution in [1.82, 2.24) is 0 Å². The minimum absolute atomic E-state index is 0.123. The van der Waals surface area contributed by atoms with E-state index in [4.69, 9.17) is 6.42 Å². The molecular weight excluding hydrogens is 338 g/mol. The highest BCUT2D eigenvalue weighted by atomic mass is 32.2. The van der Waals surface area contributed by atoms with Gasteiger partial charge in [0.05, 0.1) is 28.2 Å². The van der Waals surface area contributed by atoms with Crippen LogP contribution in [0.2, 0.25) is 0 Å². The van der Waals surface area contributed by atoms with Crippen LogP contribution in [0.5, 0.6) is 0 Å². The summed E-state index contributed by atoms with van der Waals surface area (Å²) in [6, 6.07) is 8.25. The van der Waals surface area contributed by atoms with Crippen molar-refractivity contribution in [3.8, 4) is 18.4 Å². The molecule has 0 saturated carbocycles. The Morgan fingerprint density at radius 3 is 2.72 bits per heavy atom. The summed E-state index contributed by atoms with van der Waals surface area (Å²) in [7, 11) is 0. The van der Waals surface area contributed by atoms with Crippen LogP contribution in [0, 0.1) is 39.7 Å². The molecule has 0 N–H and O–H groups in total. The van der Waals surface area contributed by atoms with E-state index in [2.05, 4.69) is 17.0 Å². The van der Waals surface area contributed by atoms with Crippen LogP contribution < -0.4 is 0 Å². The molecule has 6 nitrogen and oxygen atoms in total. The molecule has 1 heterocycles. The first-order valence-corrected chi connectivity index (χ1v) is 8.40. The summed E-state index contributed by atoms with van der Waals surface area (Å²) in [6.07, 6.45) is 5.28. The van der Waals surface area contributed by atoms with Crippen LogP contribution in [0.25, 0.3) is 0 Å². The van der Waals surface area contributed by atoms with E-state index in [1.807, 2.05) is 0 Å². The molecule has 0 aliphatic carbocycles. The molecule has 0 saturated heterocycles. The second-order valence-electron chi connectivity index (χ2n) is 5.46. The number of nitro groups is 1. The van der Waals surface area contributed by atoms with E-state index in [9.17, 15) is 20.2 Å². The van der Waals surface area contributed by atoms with Crippen LogP contribution >= 0.6 is 11.8 Å². The highest BCUT2D eigenvalue weighted by Gasteiger charge is 2.40. The predicted molar refractivity (Wildman–Crippen MR) is 97.0 cm³/mol. The molecule has 0 bridgehead atoms. The SMILES string of the molecule is C#CCSC1=C(C#N)[C@H](c2ccccc2[N+](=O)[O-])C(C(C)=O)C(C)=N1. The molecule has 1 aliphatic rings. The number of Topliss-reactive ketones (excluding diaryl/α,β-unsaturated/α-hetero) is 1. The van der Waals surface area contributed by atoms with Crippen molar-refractivity contribution in [3.63, 3.8) is 0 Å². The molecule has 0 spiro atoms. The zero-order chi connectivity index (χ0) is 18.6. The number of terminal acetylenes is 1. The van der Waals surface area contributed by atoms with Crippen molar-refractivity contribution in [2.45, 2.75) is 19.8 Å². The minimum atomic E-state index is -0.748. The third kappa shape index (κ3) is 3.62. The van der Waals surface area contributed by atoms with Crippen molar-refractivity contribution in [1.29, 1.82) is 5.26 Å². The largest absolute Gasteiger partial charge is 0.299 e. The van der Waals surface area contributed by atoms with Crippen molar-refractivity contribution in [2.24, 2.45) is 10.9 Å². The number of nitrogens with zero attached hydrogens (tertiary/aromatic N) is 3. The van der Waals surface area contributed by atoms with Crippen LogP contribution in [0.15, 0.2) is 39.9 Å². The number of hydrogen-bond donors (Lipinski definition) is 0. The molecule has 1 aromatic carbocycles. The number of benzene rings is 1. The number of rotatable bonds is 5. The second-order valence-corrected chi connectivity index (χ2v) is 6.42. The molecule has 2 rings (SSSR count). The Morgan fingerprint density at radius 1 is 1.48 bits per heavy atom. The van der Waals surface area contributed by atoms with Gasteiger partial charge < -0.3 is 0 Å². The van der Waals surface area contributed by atoms with Crippen LogP contribution in [0.4, 0.5) is 5.69 Å². The molecular formula is C18H15N3O3S. The maximum absolute atomic E-state index is 12.2. The molecule has 7 heteroatoms. The van der Waals surface area contributed by atoms with Crippen LogP contribution in [-0.2, 0) is 4.79 Å². The fourth-order valence-electron chi connectivity index (χ4n) is 2.95. The first kappa shape index (κ1) is 18.4. The first-order valence-electron chi connectivity index (χ1n) is 7.41. The lowest BCUT2D eigenvalue weighted by atomic mass is 9.75. The minimum Gasteiger partial charge on any atom is -0.299 e. The third-order valence-electron chi connectivity index (χ3n) is 3.92. The zero-order valence-corrected chi connectivity index (χ0v) is 14.5. The second kappa shape index (κ2) is 7.78. The van der Waals surface area contributed by atoms with E-state index in [0.29, 0.717) is 22.1 Å². The number of nitriles is 1. The Bertz CT molecular complexity index is 874. The highest BCUT2D eigenvalue weighted by molar-refractivity contribution is 8.03. The van der Waals surface area contributed by atoms with Crippen molar-refractivity contribution in [3.05, 3.63) is 50.5 Å². The molecule has 1 aromatic rings. The molecule has 1 aliphatic heterocycles. The van der Waals surface area contributed by atoms with Gasteiger partial charge in [0.2, 0.25) is 0 Å². The molecule has 0 amide bonds. The Labute approximate surface area is 149 Å². The maximum Gasteiger partial charge on any atom is 0.273 e. The van der Waals surface area contributed by atoms with Crippen molar-refractivity contribution in [2.75, 3.05) is 5.75 Å². The summed E-state index contributed by atoms with van der Waals surface area (Å²) < 4.78 is 0. The van der Waals surface area contributed by atoms with Crippen LogP contribution in [-0.4, -0.2) is 22.2 Å². The fraction of sp³-hybridized carbons (Fsp3) is 0.278. The number of aliphatic imine (C=N–C) groups is 1. The quantitative estimate of drug-likeness (QED) is 0.459. The van der Waals surface area contributed by atoms with Gasteiger partial charge in [-0.1, -0.05) is 35.9 Å². The van der Waals surface area contributed by atoms with Gasteiger partial charge in [0.15, 0.2) is 0 Å². The lowest BCUT2D eigenvalue weighted by molar-refractivity contribution is -0.385. The molecule has 126 valence electrons. The summed E-state index contributed by atoms with van der Waals surface area (Å²) in [5.74, 6) is 1.12. The molecule has 0 aromatic heterocycles. The van der Waals surface area contributed by atoms with Gasteiger partial charge in [-0.05, 0) is 13.8 Å². The van der Waals surface area contributed by atoms with Gasteiger partial charge in [-0.25, -0.2) is 4.99 Å². The maximum atomic E-state index is 12.2. The summed E-state index contributed by atoms with van der Waals surface area (Å²) in [6.45, 7) is 3.10. The Balaban J connectivity index is 2.73. The highest BCUT2D eigenvalue weighted by Crippen LogP contribution is 2.44. The van der Waals surface area contributed by atoms with Crippen molar-refractivity contribution >= 4 is 28.9 Å². The molecule has 0 fully saturated rings. The number of thioether (sulfide) groups is 1. The number of carbonyl (C=O) groups is 1. The van der Waals surface area contributed by atoms with Gasteiger partial charge in [0.25, 0.3) is 5.69 Å². The Hall–Kier alpha value is -2.90. The Kier molecular flexibility index (Phi) is 5.74. The molecule has 25 heavy (non-hydrogen) atoms. The lowest BCUT2D eigenvalue weighted by Crippen LogP contribution is -2.31. The monoisotopic (exact) mass is 353 g/mol. The third-order valence-corrected chi connectivity index (χ3v) is 4.82. The van der Waals surface area contributed by atoms with Crippen LogP contribution in [0.3, 0.4) is 0 Å². The first-order chi connectivity index (χ1) is 11.9. The van der Waals surface area contributed by atoms with Gasteiger partial charge in [-0.15, -0.1) is 6.42 Å². The molecule has 1 unspecified atom stereocenters. The van der Waals surface area contributed by atoms with Crippen molar-refractivity contribution < 1.29 is 9.72 Å². The number of carbonyl (C=O) groups excluding carboxylic acids is 1. The zero-order valence-electron chi connectivity index (χ0n) is 13.7. The number of allylic oxidation sites excluding steroid dienone is 1. The Morgan fingerprint density at radius 2 is 2.16 bits per heavy atom. The number of nitro benzene ring substituents is 1. The van der Waals surface area contributed by atoms with E-state index >= 15 is 0 Å². The predicted octanol–water partition coefficient (Wildman–Crippen LogP) is 3.46. The summed E-state index contributed by atoms with van der Waals surface area (Å²) >= 11 is 1.21. The standard InChI is InChI=1S/C18H15N3O3S/c1-4-9-25-18-14(10-19)17(16(12(3)22)11(2)20-18)13-7-5-6-8-15(13)21(23)24/h1,5-8,16-17H,9H2,2-3H3/t16?,17-/m0/s1. The summed E-state index contributed by atoms with van der Waals surface area (Å²) in [5, 5.41) is 21.5. The normalized spacial score (nSPS) is 19.6. The summed E-state index contributed by atoms with van der Waals surface area (Å²) in [4.78, 5) is 27.5.